The van der Waals surface area contributed by atoms with Gasteiger partial charge < -0.3 is 4.74 Å². The third kappa shape index (κ3) is 4.82. The fourth-order valence-corrected chi connectivity index (χ4v) is 4.18. The monoisotopic (exact) mass is 383 g/mol. The Labute approximate surface area is 156 Å². The summed E-state index contributed by atoms with van der Waals surface area (Å²) in [7, 11) is 0. The molecule has 1 saturated heterocycles. The molecular weight excluding hydrogens is 359 g/mol. The molecule has 0 bridgehead atoms. The summed E-state index contributed by atoms with van der Waals surface area (Å²) in [4.78, 5) is 25.6. The van der Waals surface area contributed by atoms with Crippen LogP contribution in [0.1, 0.15) is 44.1 Å². The molecule has 3 rings (SSSR count). The molecule has 0 radical (unpaired) electrons. The number of hydrogen-bond donors (Lipinski definition) is 0. The minimum Gasteiger partial charge on any atom is -0.447 e. The summed E-state index contributed by atoms with van der Waals surface area (Å²) in [5.41, 5.74) is 0.901. The van der Waals surface area contributed by atoms with E-state index in [0.29, 0.717) is 19.3 Å². The molecule has 0 spiro atoms. The maximum atomic E-state index is 13.6. The van der Waals surface area contributed by atoms with Crippen LogP contribution in [0.25, 0.3) is 0 Å². The van der Waals surface area contributed by atoms with Crippen LogP contribution in [0.15, 0.2) is 30.3 Å². The first-order valence-corrected chi connectivity index (χ1v) is 9.45. The van der Waals surface area contributed by atoms with E-state index in [-0.39, 0.29) is 6.61 Å². The maximum Gasteiger partial charge on any atom is 0.416 e. The van der Waals surface area contributed by atoms with Crippen molar-refractivity contribution in [3.63, 3.8) is 0 Å². The Morgan fingerprint density at radius 3 is 2.44 bits per heavy atom. The van der Waals surface area contributed by atoms with Gasteiger partial charge in [-0.1, -0.05) is 49.6 Å². The number of amides is 2. The minimum atomic E-state index is -4.45. The molecular formula is C20H24F3NO3. The Balaban J connectivity index is 1.72. The molecule has 2 fully saturated rings. The van der Waals surface area contributed by atoms with Crippen LogP contribution in [0.5, 0.6) is 0 Å². The molecule has 1 heterocycles. The smallest absolute Gasteiger partial charge is 0.416 e. The van der Waals surface area contributed by atoms with Crippen molar-refractivity contribution in [3.05, 3.63) is 35.9 Å². The summed E-state index contributed by atoms with van der Waals surface area (Å²) < 4.78 is 45.8. The molecule has 0 N–H and O–H groups in total. The Morgan fingerprint density at radius 2 is 1.81 bits per heavy atom. The average molecular weight is 383 g/mol. The number of imide groups is 1. The lowest BCUT2D eigenvalue weighted by Crippen LogP contribution is -2.43. The van der Waals surface area contributed by atoms with Crippen molar-refractivity contribution < 1.29 is 27.5 Å². The van der Waals surface area contributed by atoms with Crippen LogP contribution >= 0.6 is 0 Å². The van der Waals surface area contributed by atoms with Crippen molar-refractivity contribution in [2.24, 2.45) is 11.8 Å². The van der Waals surface area contributed by atoms with E-state index in [1.54, 1.807) is 0 Å². The van der Waals surface area contributed by atoms with Crippen LogP contribution in [0.4, 0.5) is 18.0 Å². The van der Waals surface area contributed by atoms with Crippen LogP contribution < -0.4 is 0 Å². The normalized spacial score (nSPS) is 22.6. The minimum absolute atomic E-state index is 0.0135. The highest BCUT2D eigenvalue weighted by Crippen LogP contribution is 2.42. The van der Waals surface area contributed by atoms with Crippen LogP contribution in [0.3, 0.4) is 0 Å². The molecule has 1 unspecified atom stereocenters. The first-order chi connectivity index (χ1) is 12.9. The number of nitrogens with zero attached hydrogens (tertiary/aromatic N) is 1. The highest BCUT2D eigenvalue weighted by Gasteiger charge is 2.48. The van der Waals surface area contributed by atoms with Crippen molar-refractivity contribution in [2.45, 2.75) is 57.2 Å². The third-order valence-electron chi connectivity index (χ3n) is 5.58. The molecule has 2 amide bonds. The molecule has 1 aromatic rings. The van der Waals surface area contributed by atoms with Gasteiger partial charge in [0.2, 0.25) is 5.91 Å². The summed E-state index contributed by atoms with van der Waals surface area (Å²) in [6.45, 7) is 0.0135. The fraction of sp³-hybridized carbons (Fsp3) is 0.600. The van der Waals surface area contributed by atoms with Crippen molar-refractivity contribution in [2.75, 3.05) is 6.61 Å². The lowest BCUT2D eigenvalue weighted by Gasteiger charge is -2.32. The van der Waals surface area contributed by atoms with Gasteiger partial charge in [-0.15, -0.1) is 0 Å². The lowest BCUT2D eigenvalue weighted by molar-refractivity contribution is -0.196. The SMILES string of the molecule is O=C(CC(C1CCCCC1)C(F)(F)F)N1C(=O)OC[C@@H]1Cc1ccccc1. The molecule has 7 heteroatoms. The van der Waals surface area contributed by atoms with Crippen LogP contribution in [0, 0.1) is 11.8 Å². The zero-order valence-corrected chi connectivity index (χ0v) is 15.1. The largest absolute Gasteiger partial charge is 0.447 e. The molecule has 27 heavy (non-hydrogen) atoms. The Bertz CT molecular complexity index is 656. The molecule has 1 aromatic carbocycles. The van der Waals surface area contributed by atoms with Gasteiger partial charge in [0.25, 0.3) is 0 Å². The van der Waals surface area contributed by atoms with E-state index in [4.69, 9.17) is 4.74 Å². The molecule has 1 aliphatic heterocycles. The number of hydrogen-bond acceptors (Lipinski definition) is 3. The maximum absolute atomic E-state index is 13.6. The number of carbonyl (C=O) groups is 2. The van der Waals surface area contributed by atoms with Gasteiger partial charge in [0.1, 0.15) is 6.61 Å². The third-order valence-corrected chi connectivity index (χ3v) is 5.58. The quantitative estimate of drug-likeness (QED) is 0.739. The highest BCUT2D eigenvalue weighted by molar-refractivity contribution is 5.93. The van der Waals surface area contributed by atoms with E-state index >= 15 is 0 Å². The van der Waals surface area contributed by atoms with Crippen molar-refractivity contribution in [3.8, 4) is 0 Å². The Hall–Kier alpha value is -2.05. The summed E-state index contributed by atoms with van der Waals surface area (Å²) in [5, 5.41) is 0. The van der Waals surface area contributed by atoms with Gasteiger partial charge in [-0.2, -0.15) is 13.2 Å². The molecule has 2 atom stereocenters. The van der Waals surface area contributed by atoms with E-state index in [0.717, 1.165) is 29.7 Å². The van der Waals surface area contributed by atoms with E-state index in [1.165, 1.54) is 0 Å². The Morgan fingerprint density at radius 1 is 1.15 bits per heavy atom. The van der Waals surface area contributed by atoms with Gasteiger partial charge in [-0.3, -0.25) is 4.79 Å². The van der Waals surface area contributed by atoms with Crippen LogP contribution in [-0.4, -0.2) is 35.7 Å². The number of alkyl halides is 3. The van der Waals surface area contributed by atoms with Gasteiger partial charge in [0.05, 0.1) is 12.0 Å². The second-order valence-corrected chi connectivity index (χ2v) is 7.43. The number of cyclic esters (lactones) is 1. The van der Waals surface area contributed by atoms with Gasteiger partial charge >= 0.3 is 12.3 Å². The highest BCUT2D eigenvalue weighted by atomic mass is 19.4. The second kappa shape index (κ2) is 8.31. The average Bonchev–Trinajstić information content (AvgIpc) is 3.00. The fourth-order valence-electron chi connectivity index (χ4n) is 4.18. The van der Waals surface area contributed by atoms with Crippen LogP contribution in [-0.2, 0) is 16.0 Å². The summed E-state index contributed by atoms with van der Waals surface area (Å²) in [5.74, 6) is -3.03. The number of carbonyl (C=O) groups excluding carboxylic acids is 2. The van der Waals surface area contributed by atoms with Gasteiger partial charge in [0, 0.05) is 6.42 Å². The molecule has 1 saturated carbocycles. The number of ether oxygens (including phenoxy) is 1. The van der Waals surface area contributed by atoms with Crippen molar-refractivity contribution in [1.29, 1.82) is 0 Å². The Kier molecular flexibility index (Phi) is 6.07. The first kappa shape index (κ1) is 19.7. The van der Waals surface area contributed by atoms with E-state index < -0.39 is 42.5 Å². The standard InChI is InChI=1S/C20H24F3NO3/c21-20(22,23)17(15-9-5-2-6-10-15)12-18(25)24-16(13-27-19(24)26)11-14-7-3-1-4-8-14/h1,3-4,7-8,15-17H,2,5-6,9-13H2/t16-,17?/m0/s1. The molecule has 2 aliphatic rings. The molecule has 0 aromatic heterocycles. The number of rotatable bonds is 5. The second-order valence-electron chi connectivity index (χ2n) is 7.43. The summed E-state index contributed by atoms with van der Waals surface area (Å²) in [6, 6.07) is 8.66. The lowest BCUT2D eigenvalue weighted by atomic mass is 9.78. The van der Waals surface area contributed by atoms with E-state index in [2.05, 4.69) is 0 Å². The van der Waals surface area contributed by atoms with E-state index in [1.807, 2.05) is 30.3 Å². The molecule has 4 nitrogen and oxygen atoms in total. The first-order valence-electron chi connectivity index (χ1n) is 9.45. The zero-order chi connectivity index (χ0) is 19.4. The van der Waals surface area contributed by atoms with Crippen LogP contribution in [0.2, 0.25) is 0 Å². The topological polar surface area (TPSA) is 46.6 Å². The van der Waals surface area contributed by atoms with Crippen molar-refractivity contribution >= 4 is 12.0 Å². The number of benzene rings is 1. The summed E-state index contributed by atoms with van der Waals surface area (Å²) >= 11 is 0. The van der Waals surface area contributed by atoms with Gasteiger partial charge in [-0.25, -0.2) is 9.69 Å². The van der Waals surface area contributed by atoms with Gasteiger partial charge in [0.15, 0.2) is 0 Å². The molecule has 1 aliphatic carbocycles. The van der Waals surface area contributed by atoms with Crippen molar-refractivity contribution in [1.82, 2.24) is 4.90 Å². The number of halogens is 3. The van der Waals surface area contributed by atoms with Gasteiger partial charge in [-0.05, 0) is 30.7 Å². The predicted molar refractivity (Wildman–Crippen MR) is 92.9 cm³/mol. The predicted octanol–water partition coefficient (Wildman–Crippen LogP) is 4.73. The zero-order valence-electron chi connectivity index (χ0n) is 15.1. The van der Waals surface area contributed by atoms with E-state index in [9.17, 15) is 22.8 Å². The summed E-state index contributed by atoms with van der Waals surface area (Å²) in [6.07, 6.45) is -2.19. The molecule has 148 valence electrons.